The van der Waals surface area contributed by atoms with E-state index in [1.54, 1.807) is 0 Å². The summed E-state index contributed by atoms with van der Waals surface area (Å²) >= 11 is 0. The van der Waals surface area contributed by atoms with E-state index in [1.807, 2.05) is 0 Å². The number of hydrogen-bond donors (Lipinski definition) is 1. The molecule has 2 N–H and O–H groups in total. The highest BCUT2D eigenvalue weighted by atomic mass is 35.5. The van der Waals surface area contributed by atoms with Gasteiger partial charge in [-0.15, -0.1) is 12.4 Å². The summed E-state index contributed by atoms with van der Waals surface area (Å²) in [6.45, 7) is 5.56. The Bertz CT molecular complexity index is 178. The average Bonchev–Trinajstić information content (AvgIpc) is 2.85. The predicted molar refractivity (Wildman–Crippen MR) is 84.3 cm³/mol. The second-order valence-electron chi connectivity index (χ2n) is 6.14. The lowest BCUT2D eigenvalue weighted by atomic mass is 9.83. The second-order valence-corrected chi connectivity index (χ2v) is 6.14. The van der Waals surface area contributed by atoms with Crippen LogP contribution in [0, 0.1) is 17.8 Å². The molecule has 0 saturated heterocycles. The number of rotatable bonds is 9. The van der Waals surface area contributed by atoms with Gasteiger partial charge in [0.15, 0.2) is 0 Å². The zero-order valence-electron chi connectivity index (χ0n) is 12.5. The lowest BCUT2D eigenvalue weighted by Gasteiger charge is -2.24. The fraction of sp³-hybridized carbons (Fsp3) is 1.00. The topological polar surface area (TPSA) is 26.0 Å². The van der Waals surface area contributed by atoms with Gasteiger partial charge in [-0.1, -0.05) is 65.2 Å². The molecule has 0 radical (unpaired) electrons. The maximum absolute atomic E-state index is 5.98. The van der Waals surface area contributed by atoms with Gasteiger partial charge in [0.1, 0.15) is 0 Å². The molecule has 0 spiro atoms. The Kier molecular flexibility index (Phi) is 11.3. The standard InChI is InChI=1S/C16H33N.ClH/c1-3-5-8-14(4-2)11-16(13-17)12-15-9-6-7-10-15;/h14-16H,3-13,17H2,1-2H3;1H. The van der Waals surface area contributed by atoms with Gasteiger partial charge in [0.05, 0.1) is 0 Å². The van der Waals surface area contributed by atoms with Gasteiger partial charge in [-0.25, -0.2) is 0 Å². The van der Waals surface area contributed by atoms with Crippen LogP contribution in [0.1, 0.15) is 78.1 Å². The van der Waals surface area contributed by atoms with Crippen LogP contribution in [0.3, 0.4) is 0 Å². The molecule has 0 bridgehead atoms. The van der Waals surface area contributed by atoms with Gasteiger partial charge in [0.2, 0.25) is 0 Å². The van der Waals surface area contributed by atoms with Gasteiger partial charge >= 0.3 is 0 Å². The molecule has 2 atom stereocenters. The molecule has 0 heterocycles. The van der Waals surface area contributed by atoms with Crippen LogP contribution in [0.4, 0.5) is 0 Å². The molecular formula is C16H34ClN. The summed E-state index contributed by atoms with van der Waals surface area (Å²) in [5, 5.41) is 0. The molecule has 0 aromatic heterocycles. The fourth-order valence-corrected chi connectivity index (χ4v) is 3.46. The van der Waals surface area contributed by atoms with Crippen LogP contribution in [0.25, 0.3) is 0 Å². The molecule has 0 aromatic rings. The van der Waals surface area contributed by atoms with Crippen LogP contribution in [0.2, 0.25) is 0 Å². The van der Waals surface area contributed by atoms with E-state index in [9.17, 15) is 0 Å². The zero-order valence-corrected chi connectivity index (χ0v) is 13.3. The first-order valence-electron chi connectivity index (χ1n) is 8.00. The summed E-state index contributed by atoms with van der Waals surface area (Å²) < 4.78 is 0. The van der Waals surface area contributed by atoms with E-state index in [0.29, 0.717) is 0 Å². The summed E-state index contributed by atoms with van der Waals surface area (Å²) in [4.78, 5) is 0. The highest BCUT2D eigenvalue weighted by Crippen LogP contribution is 2.33. The molecule has 1 aliphatic rings. The summed E-state index contributed by atoms with van der Waals surface area (Å²) in [5.74, 6) is 2.75. The van der Waals surface area contributed by atoms with Crippen molar-refractivity contribution in [3.63, 3.8) is 0 Å². The van der Waals surface area contributed by atoms with E-state index in [-0.39, 0.29) is 12.4 Å². The van der Waals surface area contributed by atoms with Crippen molar-refractivity contribution in [2.24, 2.45) is 23.5 Å². The molecule has 0 amide bonds. The Morgan fingerprint density at radius 1 is 1.11 bits per heavy atom. The third-order valence-electron chi connectivity index (χ3n) is 4.68. The van der Waals surface area contributed by atoms with Gasteiger partial charge in [-0.2, -0.15) is 0 Å². The van der Waals surface area contributed by atoms with Crippen molar-refractivity contribution >= 4 is 12.4 Å². The summed E-state index contributed by atoms with van der Waals surface area (Å²) in [5.41, 5.74) is 5.98. The Morgan fingerprint density at radius 2 is 1.78 bits per heavy atom. The van der Waals surface area contributed by atoms with Gasteiger partial charge in [0, 0.05) is 0 Å². The fourth-order valence-electron chi connectivity index (χ4n) is 3.46. The molecule has 1 nitrogen and oxygen atoms in total. The Balaban J connectivity index is 0.00000289. The number of hydrogen-bond acceptors (Lipinski definition) is 1. The first kappa shape index (κ1) is 18.2. The normalized spacial score (nSPS) is 19.5. The molecule has 0 aromatic carbocycles. The van der Waals surface area contributed by atoms with Crippen molar-refractivity contribution in [3.05, 3.63) is 0 Å². The Labute approximate surface area is 121 Å². The monoisotopic (exact) mass is 275 g/mol. The SMILES string of the molecule is CCCCC(CC)CC(CN)CC1CCCC1.Cl. The van der Waals surface area contributed by atoms with Crippen molar-refractivity contribution in [3.8, 4) is 0 Å². The van der Waals surface area contributed by atoms with E-state index in [0.717, 1.165) is 24.3 Å². The summed E-state index contributed by atoms with van der Waals surface area (Å²) in [6, 6.07) is 0. The van der Waals surface area contributed by atoms with Crippen molar-refractivity contribution in [2.75, 3.05) is 6.54 Å². The van der Waals surface area contributed by atoms with Crippen LogP contribution < -0.4 is 5.73 Å². The average molecular weight is 276 g/mol. The second kappa shape index (κ2) is 11.1. The maximum atomic E-state index is 5.98. The van der Waals surface area contributed by atoms with Crippen molar-refractivity contribution < 1.29 is 0 Å². The molecular weight excluding hydrogens is 242 g/mol. The molecule has 1 fully saturated rings. The first-order chi connectivity index (χ1) is 8.30. The third-order valence-corrected chi connectivity index (χ3v) is 4.68. The van der Waals surface area contributed by atoms with E-state index < -0.39 is 0 Å². The van der Waals surface area contributed by atoms with Gasteiger partial charge < -0.3 is 5.73 Å². The van der Waals surface area contributed by atoms with E-state index in [2.05, 4.69) is 13.8 Å². The van der Waals surface area contributed by atoms with Crippen molar-refractivity contribution in [2.45, 2.75) is 78.1 Å². The largest absolute Gasteiger partial charge is 0.330 e. The van der Waals surface area contributed by atoms with Gasteiger partial charge in [0.25, 0.3) is 0 Å². The quantitative estimate of drug-likeness (QED) is 0.617. The molecule has 1 saturated carbocycles. The van der Waals surface area contributed by atoms with Crippen LogP contribution >= 0.6 is 12.4 Å². The minimum Gasteiger partial charge on any atom is -0.330 e. The number of nitrogens with two attached hydrogens (primary N) is 1. The highest BCUT2D eigenvalue weighted by Gasteiger charge is 2.21. The summed E-state index contributed by atoms with van der Waals surface area (Å²) in [6.07, 6.45) is 14.2. The lowest BCUT2D eigenvalue weighted by Crippen LogP contribution is -2.20. The highest BCUT2D eigenvalue weighted by molar-refractivity contribution is 5.85. The number of halogens is 1. The Morgan fingerprint density at radius 3 is 2.28 bits per heavy atom. The molecule has 1 rings (SSSR count). The third kappa shape index (κ3) is 6.99. The minimum atomic E-state index is 0. The van der Waals surface area contributed by atoms with E-state index in [1.165, 1.54) is 64.2 Å². The van der Waals surface area contributed by atoms with Crippen molar-refractivity contribution in [1.82, 2.24) is 0 Å². The molecule has 1 aliphatic carbocycles. The summed E-state index contributed by atoms with van der Waals surface area (Å²) in [7, 11) is 0. The molecule has 2 unspecified atom stereocenters. The molecule has 2 heteroatoms. The lowest BCUT2D eigenvalue weighted by molar-refractivity contribution is 0.291. The Hall–Kier alpha value is 0.250. The molecule has 110 valence electrons. The van der Waals surface area contributed by atoms with Gasteiger partial charge in [-0.05, 0) is 37.1 Å². The number of unbranched alkanes of at least 4 members (excludes halogenated alkanes) is 1. The zero-order chi connectivity index (χ0) is 12.5. The maximum Gasteiger partial charge on any atom is -0.00487 e. The van der Waals surface area contributed by atoms with Crippen LogP contribution in [0.15, 0.2) is 0 Å². The van der Waals surface area contributed by atoms with E-state index in [4.69, 9.17) is 5.73 Å². The van der Waals surface area contributed by atoms with Gasteiger partial charge in [-0.3, -0.25) is 0 Å². The predicted octanol–water partition coefficient (Wildman–Crippen LogP) is 5.17. The smallest absolute Gasteiger partial charge is 0.00487 e. The van der Waals surface area contributed by atoms with Crippen LogP contribution in [-0.2, 0) is 0 Å². The van der Waals surface area contributed by atoms with E-state index >= 15 is 0 Å². The molecule has 18 heavy (non-hydrogen) atoms. The van der Waals surface area contributed by atoms with Crippen LogP contribution in [0.5, 0.6) is 0 Å². The van der Waals surface area contributed by atoms with Crippen LogP contribution in [-0.4, -0.2) is 6.54 Å². The first-order valence-corrected chi connectivity index (χ1v) is 8.00. The van der Waals surface area contributed by atoms with Crippen molar-refractivity contribution in [1.29, 1.82) is 0 Å². The minimum absolute atomic E-state index is 0. The molecule has 0 aliphatic heterocycles.